The van der Waals surface area contributed by atoms with Crippen molar-refractivity contribution in [3.8, 4) is 11.5 Å². The van der Waals surface area contributed by atoms with E-state index in [1.165, 1.54) is 40.6 Å². The lowest BCUT2D eigenvalue weighted by Gasteiger charge is -2.34. The minimum Gasteiger partial charge on any atom is -0.493 e. The van der Waals surface area contributed by atoms with Crippen LogP contribution in [0, 0.1) is 10.1 Å². The standard InChI is InChI=1S/C20H23N3O7S/c1-3-30-19-14-17(23(25)26)16(13-18(19)29-2)20(24)21-9-11-22(12-10-21)31(27,28)15-7-5-4-6-8-15/h4-8,13-14H,3,9-12H2,1-2H3. The van der Waals surface area contributed by atoms with Gasteiger partial charge in [0.1, 0.15) is 5.56 Å². The normalized spacial score (nSPS) is 14.8. The second kappa shape index (κ2) is 9.31. The van der Waals surface area contributed by atoms with Crippen molar-refractivity contribution in [1.29, 1.82) is 0 Å². The fourth-order valence-electron chi connectivity index (χ4n) is 3.34. The highest BCUT2D eigenvalue weighted by Gasteiger charge is 2.33. The topological polar surface area (TPSA) is 119 Å². The lowest BCUT2D eigenvalue weighted by Crippen LogP contribution is -2.50. The molecule has 2 aromatic carbocycles. The van der Waals surface area contributed by atoms with E-state index in [9.17, 15) is 23.3 Å². The fraction of sp³-hybridized carbons (Fsp3) is 0.350. The van der Waals surface area contributed by atoms with E-state index >= 15 is 0 Å². The van der Waals surface area contributed by atoms with Gasteiger partial charge in [0.2, 0.25) is 10.0 Å². The third-order valence-corrected chi connectivity index (χ3v) is 6.83. The molecule has 31 heavy (non-hydrogen) atoms. The summed E-state index contributed by atoms with van der Waals surface area (Å²) >= 11 is 0. The Morgan fingerprint density at radius 1 is 1.10 bits per heavy atom. The molecular weight excluding hydrogens is 426 g/mol. The van der Waals surface area contributed by atoms with Crippen LogP contribution in [0.25, 0.3) is 0 Å². The number of piperazine rings is 1. The molecule has 0 atom stereocenters. The van der Waals surface area contributed by atoms with E-state index in [4.69, 9.17) is 9.47 Å². The highest BCUT2D eigenvalue weighted by atomic mass is 32.2. The van der Waals surface area contributed by atoms with Gasteiger partial charge in [-0.05, 0) is 19.1 Å². The second-order valence-electron chi connectivity index (χ2n) is 6.72. The molecule has 1 heterocycles. The van der Waals surface area contributed by atoms with Gasteiger partial charge < -0.3 is 14.4 Å². The fourth-order valence-corrected chi connectivity index (χ4v) is 4.79. The first-order valence-corrected chi connectivity index (χ1v) is 11.1. The molecule has 0 N–H and O–H groups in total. The third kappa shape index (κ3) is 4.62. The molecular formula is C20H23N3O7S. The van der Waals surface area contributed by atoms with Crippen LogP contribution in [0.2, 0.25) is 0 Å². The van der Waals surface area contributed by atoms with Gasteiger partial charge in [-0.15, -0.1) is 0 Å². The van der Waals surface area contributed by atoms with E-state index in [2.05, 4.69) is 0 Å². The summed E-state index contributed by atoms with van der Waals surface area (Å²) in [6, 6.07) is 10.5. The maximum atomic E-state index is 13.0. The Kier molecular flexibility index (Phi) is 6.76. The van der Waals surface area contributed by atoms with Crippen LogP contribution in [0.15, 0.2) is 47.4 Å². The largest absolute Gasteiger partial charge is 0.493 e. The quantitative estimate of drug-likeness (QED) is 0.469. The summed E-state index contributed by atoms with van der Waals surface area (Å²) in [5.74, 6) is -0.182. The van der Waals surface area contributed by atoms with Crippen molar-refractivity contribution in [3.05, 3.63) is 58.1 Å². The predicted octanol–water partition coefficient (Wildman–Crippen LogP) is 2.15. The van der Waals surface area contributed by atoms with Gasteiger partial charge in [-0.2, -0.15) is 4.31 Å². The lowest BCUT2D eigenvalue weighted by atomic mass is 10.1. The number of carbonyl (C=O) groups is 1. The number of methoxy groups -OCH3 is 1. The van der Waals surface area contributed by atoms with Gasteiger partial charge in [0.05, 0.1) is 29.6 Å². The smallest absolute Gasteiger partial charge is 0.286 e. The van der Waals surface area contributed by atoms with Crippen molar-refractivity contribution in [3.63, 3.8) is 0 Å². The van der Waals surface area contributed by atoms with Crippen molar-refractivity contribution in [2.45, 2.75) is 11.8 Å². The van der Waals surface area contributed by atoms with Gasteiger partial charge in [0.25, 0.3) is 11.6 Å². The molecule has 0 aromatic heterocycles. The molecule has 3 rings (SSSR count). The number of ether oxygens (including phenoxy) is 2. The molecule has 1 fully saturated rings. The van der Waals surface area contributed by atoms with Crippen LogP contribution in [-0.2, 0) is 10.0 Å². The molecule has 11 heteroatoms. The number of rotatable bonds is 7. The van der Waals surface area contributed by atoms with Gasteiger partial charge in [-0.1, -0.05) is 18.2 Å². The predicted molar refractivity (Wildman–Crippen MR) is 112 cm³/mol. The van der Waals surface area contributed by atoms with Crippen molar-refractivity contribution in [2.24, 2.45) is 0 Å². The number of benzene rings is 2. The van der Waals surface area contributed by atoms with Crippen molar-refractivity contribution in [2.75, 3.05) is 39.9 Å². The van der Waals surface area contributed by atoms with E-state index in [0.717, 1.165) is 0 Å². The maximum Gasteiger partial charge on any atom is 0.286 e. The second-order valence-corrected chi connectivity index (χ2v) is 8.66. The molecule has 0 radical (unpaired) electrons. The number of carbonyl (C=O) groups excluding carboxylic acids is 1. The van der Waals surface area contributed by atoms with Gasteiger partial charge >= 0.3 is 0 Å². The molecule has 10 nitrogen and oxygen atoms in total. The maximum absolute atomic E-state index is 13.0. The van der Waals surface area contributed by atoms with Crippen LogP contribution in [0.4, 0.5) is 5.69 Å². The average molecular weight is 449 g/mol. The summed E-state index contributed by atoms with van der Waals surface area (Å²) < 4.78 is 37.4. The Morgan fingerprint density at radius 2 is 1.74 bits per heavy atom. The monoisotopic (exact) mass is 449 g/mol. The summed E-state index contributed by atoms with van der Waals surface area (Å²) in [6.45, 7) is 2.40. The summed E-state index contributed by atoms with van der Waals surface area (Å²) in [6.07, 6.45) is 0. The first-order valence-electron chi connectivity index (χ1n) is 9.63. The Morgan fingerprint density at radius 3 is 2.29 bits per heavy atom. The van der Waals surface area contributed by atoms with Crippen LogP contribution in [-0.4, -0.2) is 68.3 Å². The van der Waals surface area contributed by atoms with Crippen molar-refractivity contribution in [1.82, 2.24) is 9.21 Å². The Hall–Kier alpha value is -3.18. The zero-order valence-corrected chi connectivity index (χ0v) is 18.0. The summed E-state index contributed by atoms with van der Waals surface area (Å²) in [5, 5.41) is 11.6. The lowest BCUT2D eigenvalue weighted by molar-refractivity contribution is -0.385. The molecule has 1 saturated heterocycles. The Bertz CT molecular complexity index is 1070. The van der Waals surface area contributed by atoms with Gasteiger partial charge in [-0.3, -0.25) is 14.9 Å². The summed E-state index contributed by atoms with van der Waals surface area (Å²) in [7, 11) is -2.29. The van der Waals surface area contributed by atoms with Gasteiger partial charge in [0.15, 0.2) is 11.5 Å². The Labute approximate surface area is 180 Å². The highest BCUT2D eigenvalue weighted by Crippen LogP contribution is 2.35. The first kappa shape index (κ1) is 22.5. The van der Waals surface area contributed by atoms with Crippen LogP contribution >= 0.6 is 0 Å². The molecule has 1 aliphatic heterocycles. The van der Waals surface area contributed by atoms with Crippen LogP contribution in [0.1, 0.15) is 17.3 Å². The number of sulfonamides is 1. The van der Waals surface area contributed by atoms with E-state index in [-0.39, 0.29) is 54.7 Å². The number of nitro benzene ring substituents is 1. The van der Waals surface area contributed by atoms with Gasteiger partial charge in [-0.25, -0.2) is 8.42 Å². The van der Waals surface area contributed by atoms with Gasteiger partial charge in [0, 0.05) is 32.2 Å². The molecule has 0 bridgehead atoms. The molecule has 1 amide bonds. The first-order chi connectivity index (χ1) is 14.8. The average Bonchev–Trinajstić information content (AvgIpc) is 2.79. The van der Waals surface area contributed by atoms with E-state index < -0.39 is 26.5 Å². The van der Waals surface area contributed by atoms with Crippen LogP contribution < -0.4 is 9.47 Å². The number of hydrogen-bond acceptors (Lipinski definition) is 7. The minimum atomic E-state index is -3.67. The van der Waals surface area contributed by atoms with E-state index in [1.807, 2.05) is 0 Å². The zero-order valence-electron chi connectivity index (χ0n) is 17.2. The zero-order chi connectivity index (χ0) is 22.6. The third-order valence-electron chi connectivity index (χ3n) is 4.92. The molecule has 2 aromatic rings. The summed E-state index contributed by atoms with van der Waals surface area (Å²) in [4.78, 5) is 25.5. The molecule has 0 saturated carbocycles. The van der Waals surface area contributed by atoms with Crippen LogP contribution in [0.3, 0.4) is 0 Å². The van der Waals surface area contributed by atoms with E-state index in [0.29, 0.717) is 0 Å². The molecule has 0 aliphatic carbocycles. The number of nitrogens with zero attached hydrogens (tertiary/aromatic N) is 3. The molecule has 0 unspecified atom stereocenters. The van der Waals surface area contributed by atoms with Crippen molar-refractivity contribution >= 4 is 21.6 Å². The number of nitro groups is 1. The minimum absolute atomic E-state index is 0.0882. The molecule has 0 spiro atoms. The van der Waals surface area contributed by atoms with E-state index in [1.54, 1.807) is 25.1 Å². The van der Waals surface area contributed by atoms with Crippen molar-refractivity contribution < 1.29 is 27.6 Å². The summed E-state index contributed by atoms with van der Waals surface area (Å²) in [5.41, 5.74) is -0.529. The SMILES string of the molecule is CCOc1cc([N+](=O)[O-])c(C(=O)N2CCN(S(=O)(=O)c3ccccc3)CC2)cc1OC. The number of amides is 1. The Balaban J connectivity index is 1.81. The number of hydrogen-bond donors (Lipinski definition) is 0. The molecule has 1 aliphatic rings. The van der Waals surface area contributed by atoms with Crippen LogP contribution in [0.5, 0.6) is 11.5 Å². The highest BCUT2D eigenvalue weighted by molar-refractivity contribution is 7.89. The molecule has 166 valence electrons.